The minimum absolute atomic E-state index is 0.0264. The first-order valence-corrected chi connectivity index (χ1v) is 7.47. The van der Waals surface area contributed by atoms with Crippen molar-refractivity contribution in [1.29, 1.82) is 0 Å². The second-order valence-corrected chi connectivity index (χ2v) is 6.02. The van der Waals surface area contributed by atoms with Crippen molar-refractivity contribution in [1.82, 2.24) is 0 Å². The Hall–Kier alpha value is -1.72. The van der Waals surface area contributed by atoms with Gasteiger partial charge in [0.25, 0.3) is 0 Å². The van der Waals surface area contributed by atoms with Crippen molar-refractivity contribution in [2.75, 3.05) is 5.32 Å². The zero-order chi connectivity index (χ0) is 15.0. The molecule has 0 radical (unpaired) electrons. The van der Waals surface area contributed by atoms with Gasteiger partial charge in [-0.15, -0.1) is 0 Å². The van der Waals surface area contributed by atoms with Crippen LogP contribution in [0.2, 0.25) is 0 Å². The maximum atomic E-state index is 14.0. The van der Waals surface area contributed by atoms with Gasteiger partial charge in [-0.2, -0.15) is 0 Å². The fourth-order valence-electron chi connectivity index (χ4n) is 2.53. The summed E-state index contributed by atoms with van der Waals surface area (Å²) in [6.07, 6.45) is 1.16. The maximum Gasteiger partial charge on any atom is 0.224 e. The Morgan fingerprint density at radius 1 is 1.19 bits per heavy atom. The lowest BCUT2D eigenvalue weighted by molar-refractivity contribution is -0.116. The smallest absolute Gasteiger partial charge is 0.224 e. The van der Waals surface area contributed by atoms with Gasteiger partial charge in [-0.05, 0) is 35.7 Å². The largest absolute Gasteiger partial charge is 0.326 e. The minimum Gasteiger partial charge on any atom is -0.326 e. The number of rotatable bonds is 2. The summed E-state index contributed by atoms with van der Waals surface area (Å²) in [5, 5.41) is 2.82. The number of hydrogen-bond acceptors (Lipinski definition) is 2. The average molecular weight is 349 g/mol. The van der Waals surface area contributed by atoms with Crippen LogP contribution in [0.25, 0.3) is 0 Å². The van der Waals surface area contributed by atoms with Crippen molar-refractivity contribution < 1.29 is 9.18 Å². The van der Waals surface area contributed by atoms with Gasteiger partial charge in [-0.3, -0.25) is 4.79 Å². The summed E-state index contributed by atoms with van der Waals surface area (Å²) in [5.74, 6) is -0.304. The molecule has 1 amide bonds. The molecule has 3 rings (SSSR count). The molecule has 0 aliphatic carbocycles. The van der Waals surface area contributed by atoms with Crippen LogP contribution in [0, 0.1) is 5.82 Å². The molecular weight excluding hydrogens is 335 g/mol. The van der Waals surface area contributed by atoms with E-state index in [-0.39, 0.29) is 11.7 Å². The quantitative estimate of drug-likeness (QED) is 0.872. The number of carbonyl (C=O) groups excluding carboxylic acids is 1. The van der Waals surface area contributed by atoms with Crippen LogP contribution in [-0.4, -0.2) is 5.91 Å². The molecular formula is C16H14BrFN2O. The van der Waals surface area contributed by atoms with Gasteiger partial charge in [0.2, 0.25) is 5.91 Å². The Morgan fingerprint density at radius 2 is 2.00 bits per heavy atom. The number of nitrogens with one attached hydrogen (secondary N) is 1. The molecule has 3 N–H and O–H groups in total. The van der Waals surface area contributed by atoms with Gasteiger partial charge in [-0.1, -0.05) is 34.1 Å². The molecule has 1 aliphatic heterocycles. The summed E-state index contributed by atoms with van der Waals surface area (Å²) in [6, 6.07) is 9.95. The number of fused-ring (bicyclic) bond motifs is 1. The molecule has 21 heavy (non-hydrogen) atoms. The van der Waals surface area contributed by atoms with Crippen LogP contribution in [-0.2, 0) is 11.2 Å². The van der Waals surface area contributed by atoms with Crippen LogP contribution in [0.5, 0.6) is 0 Å². The highest BCUT2D eigenvalue weighted by Crippen LogP contribution is 2.29. The predicted octanol–water partition coefficient (Wildman–Crippen LogP) is 3.52. The van der Waals surface area contributed by atoms with E-state index in [1.807, 2.05) is 18.2 Å². The fourth-order valence-corrected chi connectivity index (χ4v) is 2.86. The summed E-state index contributed by atoms with van der Waals surface area (Å²) in [4.78, 5) is 11.4. The summed E-state index contributed by atoms with van der Waals surface area (Å²) >= 11 is 3.24. The number of aryl methyl sites for hydroxylation is 1. The van der Waals surface area contributed by atoms with E-state index >= 15 is 0 Å². The highest BCUT2D eigenvalue weighted by atomic mass is 79.9. The first-order valence-electron chi connectivity index (χ1n) is 6.68. The lowest BCUT2D eigenvalue weighted by atomic mass is 9.94. The normalized spacial score (nSPS) is 15.3. The molecule has 2 aromatic rings. The predicted molar refractivity (Wildman–Crippen MR) is 83.5 cm³/mol. The van der Waals surface area contributed by atoms with E-state index < -0.39 is 6.04 Å². The van der Waals surface area contributed by atoms with Crippen LogP contribution >= 0.6 is 15.9 Å². The van der Waals surface area contributed by atoms with E-state index in [1.54, 1.807) is 12.1 Å². The van der Waals surface area contributed by atoms with Crippen molar-refractivity contribution in [2.45, 2.75) is 18.9 Å². The van der Waals surface area contributed by atoms with Crippen molar-refractivity contribution in [3.05, 3.63) is 63.4 Å². The Morgan fingerprint density at radius 3 is 2.76 bits per heavy atom. The monoisotopic (exact) mass is 348 g/mol. The number of amides is 1. The number of carbonyl (C=O) groups is 1. The van der Waals surface area contributed by atoms with Gasteiger partial charge < -0.3 is 11.1 Å². The van der Waals surface area contributed by atoms with Crippen LogP contribution in [0.15, 0.2) is 40.9 Å². The second kappa shape index (κ2) is 5.58. The second-order valence-electron chi connectivity index (χ2n) is 5.11. The lowest BCUT2D eigenvalue weighted by Crippen LogP contribution is -2.20. The van der Waals surface area contributed by atoms with Crippen molar-refractivity contribution in [3.63, 3.8) is 0 Å². The molecule has 108 valence electrons. The third kappa shape index (κ3) is 2.84. The number of hydrogen-bond donors (Lipinski definition) is 2. The zero-order valence-corrected chi connectivity index (χ0v) is 12.8. The van der Waals surface area contributed by atoms with Crippen molar-refractivity contribution in [3.8, 4) is 0 Å². The summed E-state index contributed by atoms with van der Waals surface area (Å²) in [6.45, 7) is 0. The number of nitrogens with two attached hydrogens (primary N) is 1. The van der Waals surface area contributed by atoms with E-state index in [2.05, 4.69) is 21.2 Å². The molecule has 1 atom stereocenters. The van der Waals surface area contributed by atoms with Gasteiger partial charge in [0, 0.05) is 22.1 Å². The van der Waals surface area contributed by atoms with Crippen LogP contribution in [0.4, 0.5) is 10.1 Å². The summed E-state index contributed by atoms with van der Waals surface area (Å²) in [5.41, 5.74) is 9.34. The SMILES string of the molecule is NC(c1ccc2c(c1)CCC(=O)N2)c1ccc(Br)cc1F. The molecule has 1 unspecified atom stereocenters. The van der Waals surface area contributed by atoms with E-state index in [0.29, 0.717) is 22.9 Å². The molecule has 2 aromatic carbocycles. The lowest BCUT2D eigenvalue weighted by Gasteiger charge is -2.20. The molecule has 0 saturated heterocycles. The van der Waals surface area contributed by atoms with E-state index in [0.717, 1.165) is 16.8 Å². The Bertz CT molecular complexity index is 717. The topological polar surface area (TPSA) is 55.1 Å². The van der Waals surface area contributed by atoms with Gasteiger partial charge in [0.1, 0.15) is 5.82 Å². The molecule has 0 fully saturated rings. The van der Waals surface area contributed by atoms with Crippen molar-refractivity contribution >= 4 is 27.5 Å². The molecule has 0 spiro atoms. The Balaban J connectivity index is 1.95. The number of benzene rings is 2. The van der Waals surface area contributed by atoms with Gasteiger partial charge in [-0.25, -0.2) is 4.39 Å². The average Bonchev–Trinajstić information content (AvgIpc) is 2.46. The zero-order valence-electron chi connectivity index (χ0n) is 11.2. The molecule has 5 heteroatoms. The highest BCUT2D eigenvalue weighted by molar-refractivity contribution is 9.10. The molecule has 1 aliphatic rings. The third-order valence-corrected chi connectivity index (χ3v) is 4.17. The van der Waals surface area contributed by atoms with Gasteiger partial charge in [0.15, 0.2) is 0 Å². The first kappa shape index (κ1) is 14.2. The molecule has 1 heterocycles. The van der Waals surface area contributed by atoms with E-state index in [4.69, 9.17) is 5.73 Å². The van der Waals surface area contributed by atoms with E-state index in [9.17, 15) is 9.18 Å². The van der Waals surface area contributed by atoms with Crippen LogP contribution < -0.4 is 11.1 Å². The van der Waals surface area contributed by atoms with Gasteiger partial charge in [0.05, 0.1) is 6.04 Å². The van der Waals surface area contributed by atoms with Crippen LogP contribution in [0.3, 0.4) is 0 Å². The molecule has 0 saturated carbocycles. The molecule has 0 aromatic heterocycles. The first-order chi connectivity index (χ1) is 10.0. The highest BCUT2D eigenvalue weighted by Gasteiger charge is 2.18. The third-order valence-electron chi connectivity index (χ3n) is 3.68. The Kier molecular flexibility index (Phi) is 3.78. The number of halogens is 2. The van der Waals surface area contributed by atoms with Gasteiger partial charge >= 0.3 is 0 Å². The van der Waals surface area contributed by atoms with Crippen LogP contribution in [0.1, 0.15) is 29.2 Å². The van der Waals surface area contributed by atoms with Crippen molar-refractivity contribution in [2.24, 2.45) is 5.73 Å². The molecule has 3 nitrogen and oxygen atoms in total. The fraction of sp³-hybridized carbons (Fsp3) is 0.188. The molecule has 0 bridgehead atoms. The Labute approximate surface area is 130 Å². The van der Waals surface area contributed by atoms with E-state index in [1.165, 1.54) is 6.07 Å². The standard InChI is InChI=1S/C16H14BrFN2O/c17-11-3-4-12(13(18)8-11)16(19)10-1-5-14-9(7-10)2-6-15(21)20-14/h1,3-5,7-8,16H,2,6,19H2,(H,20,21). The summed E-state index contributed by atoms with van der Waals surface area (Å²) in [7, 11) is 0. The minimum atomic E-state index is -0.527. The summed E-state index contributed by atoms with van der Waals surface area (Å²) < 4.78 is 14.7. The number of anilines is 1. The maximum absolute atomic E-state index is 14.0.